The summed E-state index contributed by atoms with van der Waals surface area (Å²) in [6.45, 7) is 1.96. The van der Waals surface area contributed by atoms with Crippen LogP contribution in [0, 0.1) is 10.1 Å². The zero-order valence-corrected chi connectivity index (χ0v) is 13.0. The number of piperazine rings is 1. The van der Waals surface area contributed by atoms with E-state index in [4.69, 9.17) is 4.74 Å². The van der Waals surface area contributed by atoms with E-state index >= 15 is 0 Å². The van der Waals surface area contributed by atoms with E-state index in [-0.39, 0.29) is 10.6 Å². The van der Waals surface area contributed by atoms with Crippen molar-refractivity contribution in [3.63, 3.8) is 0 Å². The van der Waals surface area contributed by atoms with Gasteiger partial charge in [0.1, 0.15) is 11.4 Å². The van der Waals surface area contributed by atoms with E-state index in [9.17, 15) is 14.9 Å². The Morgan fingerprint density at radius 1 is 0.958 bits per heavy atom. The molecule has 1 fully saturated rings. The molecule has 1 saturated heterocycles. The minimum Gasteiger partial charge on any atom is -0.410 e. The lowest BCUT2D eigenvalue weighted by molar-refractivity contribution is -0.384. The molecule has 7 heteroatoms. The maximum Gasteiger partial charge on any atom is 0.415 e. The highest BCUT2D eigenvalue weighted by atomic mass is 16.6. The van der Waals surface area contributed by atoms with E-state index in [2.05, 4.69) is 0 Å². The summed E-state index contributed by atoms with van der Waals surface area (Å²) < 4.78 is 5.32. The number of rotatable bonds is 3. The molecule has 24 heavy (non-hydrogen) atoms. The standard InChI is InChI=1S/C17H17N3O4/c21-17(24-14-6-2-1-3-7-14)19-12-10-18(11-13-19)15-8-4-5-9-16(15)20(22)23/h1-9H,10-13H2. The molecule has 0 unspecified atom stereocenters. The van der Waals surface area contributed by atoms with Crippen molar-refractivity contribution in [3.8, 4) is 5.75 Å². The van der Waals surface area contributed by atoms with Gasteiger partial charge >= 0.3 is 6.09 Å². The Morgan fingerprint density at radius 3 is 2.25 bits per heavy atom. The van der Waals surface area contributed by atoms with E-state index in [0.717, 1.165) is 0 Å². The highest BCUT2D eigenvalue weighted by Crippen LogP contribution is 2.28. The fourth-order valence-corrected chi connectivity index (χ4v) is 2.67. The molecule has 3 rings (SSSR count). The minimum atomic E-state index is -0.400. The first-order valence-corrected chi connectivity index (χ1v) is 7.65. The van der Waals surface area contributed by atoms with Gasteiger partial charge in [-0.3, -0.25) is 10.1 Å². The lowest BCUT2D eigenvalue weighted by Gasteiger charge is -2.35. The number of amides is 1. The van der Waals surface area contributed by atoms with Crippen LogP contribution in [0.15, 0.2) is 54.6 Å². The Bertz CT molecular complexity index is 728. The van der Waals surface area contributed by atoms with Crippen LogP contribution in [0.3, 0.4) is 0 Å². The lowest BCUT2D eigenvalue weighted by Crippen LogP contribution is -2.49. The largest absolute Gasteiger partial charge is 0.415 e. The van der Waals surface area contributed by atoms with Crippen molar-refractivity contribution in [3.05, 3.63) is 64.7 Å². The Morgan fingerprint density at radius 2 is 1.58 bits per heavy atom. The van der Waals surface area contributed by atoms with Crippen molar-refractivity contribution in [2.45, 2.75) is 0 Å². The second-order valence-corrected chi connectivity index (χ2v) is 5.40. The maximum atomic E-state index is 12.2. The van der Waals surface area contributed by atoms with Crippen molar-refractivity contribution in [1.29, 1.82) is 0 Å². The lowest BCUT2D eigenvalue weighted by atomic mass is 10.2. The zero-order chi connectivity index (χ0) is 16.9. The Kier molecular flexibility index (Phi) is 4.60. The molecule has 1 aliphatic heterocycles. The molecule has 124 valence electrons. The molecule has 7 nitrogen and oxygen atoms in total. The van der Waals surface area contributed by atoms with E-state index in [0.29, 0.717) is 37.6 Å². The molecule has 0 spiro atoms. The van der Waals surface area contributed by atoms with Gasteiger partial charge in [0.05, 0.1) is 4.92 Å². The average Bonchev–Trinajstić information content (AvgIpc) is 2.62. The summed E-state index contributed by atoms with van der Waals surface area (Å²) in [6, 6.07) is 15.5. The van der Waals surface area contributed by atoms with Gasteiger partial charge in [0.25, 0.3) is 5.69 Å². The van der Waals surface area contributed by atoms with E-state index in [1.54, 1.807) is 47.4 Å². The van der Waals surface area contributed by atoms with Gasteiger partial charge in [-0.15, -0.1) is 0 Å². The number of benzene rings is 2. The number of nitrogens with zero attached hydrogens (tertiary/aromatic N) is 3. The fourth-order valence-electron chi connectivity index (χ4n) is 2.67. The molecule has 0 saturated carbocycles. The number of carbonyl (C=O) groups is 1. The summed E-state index contributed by atoms with van der Waals surface area (Å²) in [4.78, 5) is 26.4. The van der Waals surface area contributed by atoms with Gasteiger partial charge in [-0.2, -0.15) is 0 Å². The Balaban J connectivity index is 1.62. The highest BCUT2D eigenvalue weighted by Gasteiger charge is 2.26. The molecule has 0 atom stereocenters. The molecule has 1 aliphatic rings. The van der Waals surface area contributed by atoms with Crippen molar-refractivity contribution in [1.82, 2.24) is 4.90 Å². The van der Waals surface area contributed by atoms with E-state index < -0.39 is 6.09 Å². The molecular formula is C17H17N3O4. The molecular weight excluding hydrogens is 310 g/mol. The van der Waals surface area contributed by atoms with Crippen molar-refractivity contribution in [2.24, 2.45) is 0 Å². The van der Waals surface area contributed by atoms with Crippen LogP contribution in [0.25, 0.3) is 0 Å². The summed E-state index contributed by atoms with van der Waals surface area (Å²) in [6.07, 6.45) is -0.400. The molecule has 0 radical (unpaired) electrons. The number of hydrogen-bond acceptors (Lipinski definition) is 5. The molecule has 0 aromatic heterocycles. The first-order valence-electron chi connectivity index (χ1n) is 7.65. The Labute approximate surface area is 139 Å². The van der Waals surface area contributed by atoms with Gasteiger partial charge in [-0.25, -0.2) is 4.79 Å². The number of para-hydroxylation sites is 3. The minimum absolute atomic E-state index is 0.0813. The van der Waals surface area contributed by atoms with Crippen LogP contribution in [0.5, 0.6) is 5.75 Å². The third-order valence-corrected chi connectivity index (χ3v) is 3.91. The quantitative estimate of drug-likeness (QED) is 0.640. The predicted molar refractivity (Wildman–Crippen MR) is 89.3 cm³/mol. The molecule has 1 amide bonds. The van der Waals surface area contributed by atoms with Crippen LogP contribution in [-0.4, -0.2) is 42.1 Å². The molecule has 0 aliphatic carbocycles. The summed E-state index contributed by atoms with van der Waals surface area (Å²) >= 11 is 0. The monoisotopic (exact) mass is 327 g/mol. The second-order valence-electron chi connectivity index (χ2n) is 5.40. The third kappa shape index (κ3) is 3.45. The number of anilines is 1. The van der Waals surface area contributed by atoms with Crippen LogP contribution in [0.1, 0.15) is 0 Å². The Hall–Kier alpha value is -3.09. The van der Waals surface area contributed by atoms with Crippen LogP contribution in [0.2, 0.25) is 0 Å². The molecule has 2 aromatic carbocycles. The molecule has 0 N–H and O–H groups in total. The normalized spacial score (nSPS) is 14.3. The van der Waals surface area contributed by atoms with Crippen molar-refractivity contribution < 1.29 is 14.5 Å². The first-order chi connectivity index (χ1) is 11.6. The van der Waals surface area contributed by atoms with Crippen LogP contribution in [-0.2, 0) is 0 Å². The van der Waals surface area contributed by atoms with Crippen molar-refractivity contribution in [2.75, 3.05) is 31.1 Å². The van der Waals surface area contributed by atoms with Crippen LogP contribution in [0.4, 0.5) is 16.2 Å². The predicted octanol–water partition coefficient (Wildman–Crippen LogP) is 2.92. The van der Waals surface area contributed by atoms with E-state index in [1.165, 1.54) is 6.07 Å². The topological polar surface area (TPSA) is 75.9 Å². The third-order valence-electron chi connectivity index (χ3n) is 3.91. The second kappa shape index (κ2) is 6.99. The number of carbonyl (C=O) groups excluding carboxylic acids is 1. The summed E-state index contributed by atoms with van der Waals surface area (Å²) in [5.41, 5.74) is 0.663. The number of hydrogen-bond donors (Lipinski definition) is 0. The number of nitro groups is 1. The SMILES string of the molecule is O=C(Oc1ccccc1)N1CCN(c2ccccc2[N+](=O)[O-])CC1. The van der Waals surface area contributed by atoms with Gasteiger partial charge in [-0.05, 0) is 18.2 Å². The fraction of sp³-hybridized carbons (Fsp3) is 0.235. The smallest absolute Gasteiger partial charge is 0.410 e. The molecule has 2 aromatic rings. The summed E-state index contributed by atoms with van der Waals surface area (Å²) in [5.74, 6) is 0.503. The van der Waals surface area contributed by atoms with E-state index in [1.807, 2.05) is 11.0 Å². The van der Waals surface area contributed by atoms with Gasteiger partial charge in [-0.1, -0.05) is 30.3 Å². The van der Waals surface area contributed by atoms with Crippen LogP contribution < -0.4 is 9.64 Å². The molecule has 1 heterocycles. The van der Waals surface area contributed by atoms with Gasteiger partial charge in [0.15, 0.2) is 0 Å². The van der Waals surface area contributed by atoms with Crippen LogP contribution >= 0.6 is 0 Å². The highest BCUT2D eigenvalue weighted by molar-refractivity contribution is 5.71. The number of nitro benzene ring substituents is 1. The first kappa shape index (κ1) is 15.8. The zero-order valence-electron chi connectivity index (χ0n) is 13.0. The van der Waals surface area contributed by atoms with Gasteiger partial charge < -0.3 is 14.5 Å². The molecule has 0 bridgehead atoms. The van der Waals surface area contributed by atoms with Gasteiger partial charge in [0, 0.05) is 32.2 Å². The summed E-state index contributed by atoms with van der Waals surface area (Å²) in [5, 5.41) is 11.1. The average molecular weight is 327 g/mol. The van der Waals surface area contributed by atoms with Crippen molar-refractivity contribution >= 4 is 17.5 Å². The van der Waals surface area contributed by atoms with Gasteiger partial charge in [0.2, 0.25) is 0 Å². The maximum absolute atomic E-state index is 12.2. The summed E-state index contributed by atoms with van der Waals surface area (Å²) in [7, 11) is 0. The number of ether oxygens (including phenoxy) is 1.